The van der Waals surface area contributed by atoms with E-state index in [1.165, 1.54) is 21.5 Å². The molecule has 4 heteroatoms. The minimum atomic E-state index is 0.678. The molecule has 10 rings (SSSR count). The van der Waals surface area contributed by atoms with Crippen LogP contribution in [0.25, 0.3) is 99.8 Å². The summed E-state index contributed by atoms with van der Waals surface area (Å²) >= 11 is 0. The van der Waals surface area contributed by atoms with Crippen molar-refractivity contribution in [2.75, 3.05) is 0 Å². The molecule has 4 nitrogen and oxygen atoms in total. The molecule has 0 spiro atoms. The first-order valence-corrected chi connectivity index (χ1v) is 17.5. The summed E-state index contributed by atoms with van der Waals surface area (Å²) in [6.45, 7) is 0. The lowest BCUT2D eigenvalue weighted by molar-refractivity contribution is 1.17. The molecule has 0 bridgehead atoms. The smallest absolute Gasteiger partial charge is 0.160 e. The van der Waals surface area contributed by atoms with Gasteiger partial charge in [-0.05, 0) is 81.2 Å². The highest BCUT2D eigenvalue weighted by molar-refractivity contribution is 6.13. The molecule has 0 unspecified atom stereocenters. The number of rotatable bonds is 5. The van der Waals surface area contributed by atoms with Crippen LogP contribution in [0.15, 0.2) is 182 Å². The van der Waals surface area contributed by atoms with Crippen molar-refractivity contribution in [1.82, 2.24) is 19.9 Å². The van der Waals surface area contributed by atoms with Crippen molar-refractivity contribution in [3.8, 4) is 56.4 Å². The van der Waals surface area contributed by atoms with Crippen LogP contribution in [0.4, 0.5) is 0 Å². The van der Waals surface area contributed by atoms with Gasteiger partial charge in [-0.15, -0.1) is 0 Å². The molecule has 0 aliphatic carbocycles. The van der Waals surface area contributed by atoms with Crippen molar-refractivity contribution < 1.29 is 0 Å². The van der Waals surface area contributed by atoms with Gasteiger partial charge in [0.25, 0.3) is 0 Å². The van der Waals surface area contributed by atoms with E-state index in [-0.39, 0.29) is 0 Å². The van der Waals surface area contributed by atoms with Crippen molar-refractivity contribution in [1.29, 1.82) is 0 Å². The molecule has 0 aliphatic rings. The monoisotopic (exact) mass is 662 g/mol. The zero-order valence-electron chi connectivity index (χ0n) is 28.1. The first-order valence-electron chi connectivity index (χ1n) is 17.5. The van der Waals surface area contributed by atoms with Crippen molar-refractivity contribution in [2.24, 2.45) is 0 Å². The standard InChI is InChI=1S/C48H30N4/c1-3-11-31(12-4-1)46-30-47(52-48(51-46)32-13-5-2-6-14-32)45-26-22-37-28-34(20-24-43(37)50-45)33-19-23-42-36(27-33)21-25-44(49-42)41-29-35-15-7-8-16-38(35)39-17-9-10-18-40(39)41/h1-30H. The van der Waals surface area contributed by atoms with Gasteiger partial charge in [0.05, 0.1) is 33.8 Å². The molecule has 0 amide bonds. The highest BCUT2D eigenvalue weighted by Gasteiger charge is 2.14. The lowest BCUT2D eigenvalue weighted by atomic mass is 9.95. The zero-order valence-corrected chi connectivity index (χ0v) is 28.1. The van der Waals surface area contributed by atoms with Gasteiger partial charge in [0.2, 0.25) is 0 Å². The van der Waals surface area contributed by atoms with Gasteiger partial charge in [0.1, 0.15) is 0 Å². The van der Waals surface area contributed by atoms with Gasteiger partial charge in [-0.1, -0.05) is 133 Å². The maximum Gasteiger partial charge on any atom is 0.160 e. The topological polar surface area (TPSA) is 51.6 Å². The highest BCUT2D eigenvalue weighted by Crippen LogP contribution is 2.36. The van der Waals surface area contributed by atoms with E-state index in [0.29, 0.717) is 5.82 Å². The molecular weight excluding hydrogens is 633 g/mol. The van der Waals surface area contributed by atoms with Crippen LogP contribution in [0, 0.1) is 0 Å². The fourth-order valence-corrected chi connectivity index (χ4v) is 7.22. The minimum absolute atomic E-state index is 0.678. The van der Waals surface area contributed by atoms with Crippen LogP contribution in [0.5, 0.6) is 0 Å². The Kier molecular flexibility index (Phi) is 7.10. The molecule has 52 heavy (non-hydrogen) atoms. The van der Waals surface area contributed by atoms with Gasteiger partial charge in [0, 0.05) is 27.5 Å². The van der Waals surface area contributed by atoms with E-state index in [2.05, 4.69) is 127 Å². The van der Waals surface area contributed by atoms with E-state index < -0.39 is 0 Å². The molecule has 0 saturated carbocycles. The number of pyridine rings is 2. The zero-order chi connectivity index (χ0) is 34.4. The summed E-state index contributed by atoms with van der Waals surface area (Å²) in [5.74, 6) is 0.678. The van der Waals surface area contributed by atoms with Gasteiger partial charge < -0.3 is 0 Å². The van der Waals surface area contributed by atoms with Crippen LogP contribution < -0.4 is 0 Å². The molecule has 3 aromatic heterocycles. The third-order valence-electron chi connectivity index (χ3n) is 9.85. The Labute approximate surface area is 300 Å². The average Bonchev–Trinajstić information content (AvgIpc) is 3.23. The van der Waals surface area contributed by atoms with E-state index in [1.54, 1.807) is 0 Å². The number of aromatic nitrogens is 4. The SMILES string of the molecule is c1ccc(-c2cc(-c3ccc4cc(-c5ccc6nc(-c7cc8ccccc8c8ccccc78)ccc6c5)ccc4n3)nc(-c3ccccc3)n2)cc1. The van der Waals surface area contributed by atoms with Crippen LogP contribution in [-0.2, 0) is 0 Å². The van der Waals surface area contributed by atoms with Crippen LogP contribution in [0.3, 0.4) is 0 Å². The summed E-state index contributed by atoms with van der Waals surface area (Å²) in [6.07, 6.45) is 0. The maximum atomic E-state index is 5.16. The van der Waals surface area contributed by atoms with Gasteiger partial charge in [-0.25, -0.2) is 19.9 Å². The minimum Gasteiger partial charge on any atom is -0.248 e. The predicted octanol–water partition coefficient (Wildman–Crippen LogP) is 12.2. The molecule has 0 radical (unpaired) electrons. The second-order valence-corrected chi connectivity index (χ2v) is 13.1. The molecule has 10 aromatic rings. The molecule has 0 N–H and O–H groups in total. The Bertz CT molecular complexity index is 2900. The summed E-state index contributed by atoms with van der Waals surface area (Å²) in [4.78, 5) is 20.1. The number of hydrogen-bond acceptors (Lipinski definition) is 4. The highest BCUT2D eigenvalue weighted by atomic mass is 14.9. The van der Waals surface area contributed by atoms with Crippen molar-refractivity contribution in [2.45, 2.75) is 0 Å². The Morgan fingerprint density at radius 1 is 0.269 bits per heavy atom. The largest absolute Gasteiger partial charge is 0.248 e. The number of nitrogens with zero attached hydrogens (tertiary/aromatic N) is 4. The molecule has 7 aromatic carbocycles. The quantitative estimate of drug-likeness (QED) is 0.172. The maximum absolute atomic E-state index is 5.16. The predicted molar refractivity (Wildman–Crippen MR) is 215 cm³/mol. The van der Waals surface area contributed by atoms with Gasteiger partial charge in [0.15, 0.2) is 5.82 Å². The normalized spacial score (nSPS) is 11.5. The fourth-order valence-electron chi connectivity index (χ4n) is 7.22. The first-order chi connectivity index (χ1) is 25.7. The summed E-state index contributed by atoms with van der Waals surface area (Å²) in [5, 5.41) is 7.11. The summed E-state index contributed by atoms with van der Waals surface area (Å²) < 4.78 is 0. The lowest BCUT2D eigenvalue weighted by Crippen LogP contribution is -1.97. The number of fused-ring (bicyclic) bond motifs is 5. The van der Waals surface area contributed by atoms with E-state index in [1.807, 2.05) is 54.6 Å². The van der Waals surface area contributed by atoms with Gasteiger partial charge in [-0.3, -0.25) is 0 Å². The van der Waals surface area contributed by atoms with Crippen LogP contribution in [0.2, 0.25) is 0 Å². The Balaban J connectivity index is 0.996. The summed E-state index contributed by atoms with van der Waals surface area (Å²) in [6, 6.07) is 63.3. The Hall–Kier alpha value is -7.04. The van der Waals surface area contributed by atoms with Crippen molar-refractivity contribution >= 4 is 43.4 Å². The number of hydrogen-bond donors (Lipinski definition) is 0. The van der Waals surface area contributed by atoms with E-state index >= 15 is 0 Å². The summed E-state index contributed by atoms with van der Waals surface area (Å²) in [7, 11) is 0. The van der Waals surface area contributed by atoms with E-state index in [4.69, 9.17) is 19.9 Å². The second-order valence-electron chi connectivity index (χ2n) is 13.1. The molecular formula is C48H30N4. The third-order valence-corrected chi connectivity index (χ3v) is 9.85. The van der Waals surface area contributed by atoms with Crippen LogP contribution in [0.1, 0.15) is 0 Å². The Morgan fingerprint density at radius 2 is 0.827 bits per heavy atom. The molecule has 0 atom stereocenters. The average molecular weight is 663 g/mol. The van der Waals surface area contributed by atoms with Crippen molar-refractivity contribution in [3.05, 3.63) is 182 Å². The fraction of sp³-hybridized carbons (Fsp3) is 0. The first kappa shape index (κ1) is 29.8. The van der Waals surface area contributed by atoms with Crippen LogP contribution in [-0.4, -0.2) is 19.9 Å². The van der Waals surface area contributed by atoms with Gasteiger partial charge >= 0.3 is 0 Å². The molecule has 0 saturated heterocycles. The molecule has 0 aliphatic heterocycles. The third kappa shape index (κ3) is 5.34. The van der Waals surface area contributed by atoms with Crippen LogP contribution >= 0.6 is 0 Å². The van der Waals surface area contributed by atoms with Crippen molar-refractivity contribution in [3.63, 3.8) is 0 Å². The van der Waals surface area contributed by atoms with E-state index in [9.17, 15) is 0 Å². The van der Waals surface area contributed by atoms with Gasteiger partial charge in [-0.2, -0.15) is 0 Å². The van der Waals surface area contributed by atoms with E-state index in [0.717, 1.165) is 72.4 Å². The lowest BCUT2D eigenvalue weighted by Gasteiger charge is -2.12. The summed E-state index contributed by atoms with van der Waals surface area (Å²) in [5.41, 5.74) is 10.8. The molecule has 3 heterocycles. The Morgan fingerprint density at radius 3 is 1.54 bits per heavy atom. The second kappa shape index (κ2) is 12.4. The molecule has 242 valence electrons. The molecule has 0 fully saturated rings. The number of benzene rings is 7.